The van der Waals surface area contributed by atoms with E-state index in [-0.39, 0.29) is 12.0 Å². The molecule has 1 rings (SSSR count). The van der Waals surface area contributed by atoms with Gasteiger partial charge in [0, 0.05) is 18.7 Å². The quantitative estimate of drug-likeness (QED) is 0.760. The Bertz CT molecular complexity index is 257. The summed E-state index contributed by atoms with van der Waals surface area (Å²) in [5, 5.41) is 0. The minimum atomic E-state index is -4.14. The highest BCUT2D eigenvalue weighted by molar-refractivity contribution is 5.12. The van der Waals surface area contributed by atoms with Crippen molar-refractivity contribution in [2.24, 2.45) is 11.7 Å². The highest BCUT2D eigenvalue weighted by Gasteiger charge is 2.34. The summed E-state index contributed by atoms with van der Waals surface area (Å²) in [4.78, 5) is 2.06. The van der Waals surface area contributed by atoms with Gasteiger partial charge in [0.25, 0.3) is 0 Å². The van der Waals surface area contributed by atoms with Crippen LogP contribution in [-0.2, 0) is 0 Å². The summed E-state index contributed by atoms with van der Waals surface area (Å²) in [5.41, 5.74) is 5.22. The maximum Gasteiger partial charge on any atom is 0.412 e. The van der Waals surface area contributed by atoms with Crippen molar-refractivity contribution in [1.29, 1.82) is 0 Å². The number of alkyl halides is 3. The Kier molecular flexibility index (Phi) is 5.46. The summed E-state index contributed by atoms with van der Waals surface area (Å²) in [6, 6.07) is 0. The Labute approximate surface area is 101 Å². The molecule has 0 saturated carbocycles. The Hall–Kier alpha value is -0.550. The summed E-state index contributed by atoms with van der Waals surface area (Å²) in [7, 11) is 0. The van der Waals surface area contributed by atoms with Crippen LogP contribution in [0.5, 0.6) is 0 Å². The fourth-order valence-electron chi connectivity index (χ4n) is 2.03. The fourth-order valence-corrected chi connectivity index (χ4v) is 2.03. The number of hydrogen-bond donors (Lipinski definition) is 1. The molecule has 0 aliphatic carbocycles. The predicted octanol–water partition coefficient (Wildman–Crippen LogP) is 2.56. The maximum atomic E-state index is 12.4. The molecule has 0 fully saturated rings. The first-order valence-corrected chi connectivity index (χ1v) is 6.16. The number of nitrogens with zero attached hydrogens (tertiary/aromatic N) is 1. The van der Waals surface area contributed by atoms with Crippen molar-refractivity contribution in [2.75, 3.05) is 26.2 Å². The second-order valence-electron chi connectivity index (χ2n) is 4.58. The summed E-state index contributed by atoms with van der Waals surface area (Å²) in [5.74, 6) is 0.489. The van der Waals surface area contributed by atoms with Crippen LogP contribution in [-0.4, -0.2) is 37.3 Å². The zero-order chi connectivity index (χ0) is 12.9. The highest BCUT2D eigenvalue weighted by atomic mass is 19.4. The average molecular weight is 250 g/mol. The molecule has 0 aromatic heterocycles. The molecule has 0 bridgehead atoms. The molecule has 100 valence electrons. The zero-order valence-corrected chi connectivity index (χ0v) is 10.3. The smallest absolute Gasteiger partial charge is 0.330 e. The molecular formula is C12H21F3N2. The van der Waals surface area contributed by atoms with Crippen LogP contribution in [0.2, 0.25) is 0 Å². The summed E-state index contributed by atoms with van der Waals surface area (Å²) in [6.45, 7) is 4.52. The van der Waals surface area contributed by atoms with E-state index in [4.69, 9.17) is 5.73 Å². The van der Waals surface area contributed by atoms with E-state index in [0.29, 0.717) is 25.6 Å². The van der Waals surface area contributed by atoms with Gasteiger partial charge in [0.05, 0.1) is 0 Å². The molecule has 0 radical (unpaired) electrons. The van der Waals surface area contributed by atoms with Gasteiger partial charge in [-0.1, -0.05) is 19.4 Å². The summed E-state index contributed by atoms with van der Waals surface area (Å²) in [6.07, 6.45) is -0.707. The lowest BCUT2D eigenvalue weighted by Gasteiger charge is -2.28. The van der Waals surface area contributed by atoms with Crippen molar-refractivity contribution in [2.45, 2.75) is 32.4 Å². The Morgan fingerprint density at radius 3 is 2.59 bits per heavy atom. The first-order valence-electron chi connectivity index (χ1n) is 6.16. The van der Waals surface area contributed by atoms with Crippen LogP contribution in [0, 0.1) is 5.92 Å². The second kappa shape index (κ2) is 6.40. The molecule has 0 spiro atoms. The van der Waals surface area contributed by atoms with Crippen molar-refractivity contribution in [3.8, 4) is 0 Å². The van der Waals surface area contributed by atoms with Gasteiger partial charge in [-0.05, 0) is 31.8 Å². The largest absolute Gasteiger partial charge is 0.412 e. The fraction of sp³-hybridized carbons (Fsp3) is 0.833. The predicted molar refractivity (Wildman–Crippen MR) is 62.6 cm³/mol. The molecule has 0 aromatic rings. The lowest BCUT2D eigenvalue weighted by molar-refractivity contribution is -0.0960. The molecule has 1 aliphatic heterocycles. The van der Waals surface area contributed by atoms with Crippen LogP contribution in [0.4, 0.5) is 13.2 Å². The lowest BCUT2D eigenvalue weighted by Crippen LogP contribution is -2.34. The third-order valence-corrected chi connectivity index (χ3v) is 3.42. The van der Waals surface area contributed by atoms with Crippen LogP contribution >= 0.6 is 0 Å². The van der Waals surface area contributed by atoms with Gasteiger partial charge in [-0.25, -0.2) is 0 Å². The highest BCUT2D eigenvalue weighted by Crippen LogP contribution is 2.30. The van der Waals surface area contributed by atoms with E-state index in [1.165, 1.54) is 6.08 Å². The molecule has 17 heavy (non-hydrogen) atoms. The van der Waals surface area contributed by atoms with E-state index >= 15 is 0 Å². The first-order chi connectivity index (χ1) is 7.97. The van der Waals surface area contributed by atoms with Crippen molar-refractivity contribution >= 4 is 0 Å². The van der Waals surface area contributed by atoms with E-state index in [2.05, 4.69) is 11.8 Å². The van der Waals surface area contributed by atoms with Gasteiger partial charge in [-0.15, -0.1) is 0 Å². The van der Waals surface area contributed by atoms with E-state index in [0.717, 1.165) is 19.4 Å². The van der Waals surface area contributed by atoms with E-state index in [9.17, 15) is 13.2 Å². The van der Waals surface area contributed by atoms with E-state index < -0.39 is 6.18 Å². The van der Waals surface area contributed by atoms with Crippen LogP contribution in [0.3, 0.4) is 0 Å². The molecule has 5 heteroatoms. The van der Waals surface area contributed by atoms with Crippen molar-refractivity contribution < 1.29 is 13.2 Å². The molecule has 0 aromatic carbocycles. The molecule has 2 nitrogen and oxygen atoms in total. The van der Waals surface area contributed by atoms with Gasteiger partial charge in [0.15, 0.2) is 0 Å². The Morgan fingerprint density at radius 2 is 2.18 bits per heavy atom. The van der Waals surface area contributed by atoms with Crippen LogP contribution in [0.15, 0.2) is 11.6 Å². The number of nitrogens with two attached hydrogens (primary N) is 1. The van der Waals surface area contributed by atoms with Gasteiger partial charge >= 0.3 is 6.18 Å². The third-order valence-electron chi connectivity index (χ3n) is 3.42. The molecule has 1 aliphatic rings. The Balaban J connectivity index is 2.34. The number of hydrogen-bond acceptors (Lipinski definition) is 2. The van der Waals surface area contributed by atoms with Crippen LogP contribution in [0.25, 0.3) is 0 Å². The third kappa shape index (κ3) is 4.68. The molecular weight excluding hydrogens is 229 g/mol. The Morgan fingerprint density at radius 1 is 1.47 bits per heavy atom. The maximum absolute atomic E-state index is 12.4. The van der Waals surface area contributed by atoms with Gasteiger partial charge in [0.1, 0.15) is 0 Å². The topological polar surface area (TPSA) is 29.3 Å². The number of halogens is 3. The van der Waals surface area contributed by atoms with Gasteiger partial charge in [-0.2, -0.15) is 13.2 Å². The normalized spacial score (nSPS) is 20.2. The second-order valence-corrected chi connectivity index (χ2v) is 4.58. The van der Waals surface area contributed by atoms with Gasteiger partial charge in [0.2, 0.25) is 0 Å². The SMILES string of the molecule is CCC(CN)CCN1CC=C(C(F)(F)F)CC1. The van der Waals surface area contributed by atoms with Crippen LogP contribution in [0.1, 0.15) is 26.2 Å². The average Bonchev–Trinajstić information content (AvgIpc) is 2.30. The monoisotopic (exact) mass is 250 g/mol. The number of rotatable bonds is 5. The lowest BCUT2D eigenvalue weighted by atomic mass is 10.0. The van der Waals surface area contributed by atoms with Gasteiger partial charge < -0.3 is 5.73 Å². The van der Waals surface area contributed by atoms with Gasteiger partial charge in [-0.3, -0.25) is 4.90 Å². The summed E-state index contributed by atoms with van der Waals surface area (Å²) >= 11 is 0. The molecule has 1 unspecified atom stereocenters. The van der Waals surface area contributed by atoms with Crippen molar-refractivity contribution in [3.63, 3.8) is 0 Å². The molecule has 1 atom stereocenters. The van der Waals surface area contributed by atoms with E-state index in [1.807, 2.05) is 0 Å². The standard InChI is InChI=1S/C12H21F3N2/c1-2-10(9-16)3-6-17-7-4-11(5-8-17)12(13,14)15/h4,10H,2-3,5-9,16H2,1H3. The minimum absolute atomic E-state index is 0.114. The van der Waals surface area contributed by atoms with Crippen molar-refractivity contribution in [3.05, 3.63) is 11.6 Å². The molecule has 0 saturated heterocycles. The first kappa shape index (κ1) is 14.5. The molecule has 0 amide bonds. The molecule has 1 heterocycles. The zero-order valence-electron chi connectivity index (χ0n) is 10.3. The van der Waals surface area contributed by atoms with E-state index in [1.54, 1.807) is 0 Å². The summed E-state index contributed by atoms with van der Waals surface area (Å²) < 4.78 is 37.2. The van der Waals surface area contributed by atoms with Crippen LogP contribution < -0.4 is 5.73 Å². The van der Waals surface area contributed by atoms with Crippen molar-refractivity contribution in [1.82, 2.24) is 4.90 Å². The minimum Gasteiger partial charge on any atom is -0.330 e. The molecule has 2 N–H and O–H groups in total.